The van der Waals surface area contributed by atoms with Crippen molar-refractivity contribution in [3.8, 4) is 0 Å². The average molecular weight is 221 g/mol. The molecule has 1 nitrogen and oxygen atoms in total. The van der Waals surface area contributed by atoms with E-state index in [1.807, 2.05) is 34.7 Å². The second-order valence-electron chi connectivity index (χ2n) is 2.85. The molecule has 1 heteroatoms. The minimum absolute atomic E-state index is 1.06. The third kappa shape index (κ3) is 5.69. The van der Waals surface area contributed by atoms with Gasteiger partial charge < -0.3 is 0 Å². The Morgan fingerprint density at radius 3 is 2.19 bits per heavy atom. The lowest BCUT2D eigenvalue weighted by molar-refractivity contribution is 1.21. The second kappa shape index (κ2) is 12.0. The van der Waals surface area contributed by atoms with Crippen LogP contribution in [0.2, 0.25) is 0 Å². The maximum atomic E-state index is 4.26. The molecule has 0 saturated heterocycles. The van der Waals surface area contributed by atoms with E-state index in [0.29, 0.717) is 0 Å². The predicted octanol–water partition coefficient (Wildman–Crippen LogP) is 4.96. The van der Waals surface area contributed by atoms with Crippen molar-refractivity contribution in [2.75, 3.05) is 7.05 Å². The van der Waals surface area contributed by atoms with Gasteiger partial charge in [0.2, 0.25) is 0 Å². The summed E-state index contributed by atoms with van der Waals surface area (Å²) in [7, 11) is 1.84. The summed E-state index contributed by atoms with van der Waals surface area (Å²) in [5.41, 5.74) is 3.62. The lowest BCUT2D eigenvalue weighted by Gasteiger charge is -2.10. The van der Waals surface area contributed by atoms with Crippen LogP contribution in [0.3, 0.4) is 0 Å². The molecule has 16 heavy (non-hydrogen) atoms. The van der Waals surface area contributed by atoms with Crippen LogP contribution in [-0.4, -0.2) is 12.8 Å². The van der Waals surface area contributed by atoms with Crippen LogP contribution in [0.4, 0.5) is 0 Å². The zero-order valence-corrected chi connectivity index (χ0v) is 12.0. The molecule has 0 heterocycles. The summed E-state index contributed by atoms with van der Waals surface area (Å²) < 4.78 is 0. The van der Waals surface area contributed by atoms with Gasteiger partial charge in [0.25, 0.3) is 0 Å². The average Bonchev–Trinajstić information content (AvgIpc) is 2.35. The molecule has 92 valence electrons. The van der Waals surface area contributed by atoms with Gasteiger partial charge in [-0.3, -0.25) is 4.99 Å². The Bertz CT molecular complexity index is 278. The van der Waals surface area contributed by atoms with Crippen molar-refractivity contribution in [3.05, 3.63) is 35.5 Å². The molecule has 0 aliphatic heterocycles. The standard InChI is InChI=1S/C11H15N.2C2H6/c1-4-6-10-8-5-7-9(2)11(10)12-3;2*1-2/h5-8H,4H2,1-3H3;2*1-2H3/b10-6-,12-11?;;. The highest BCUT2D eigenvalue weighted by molar-refractivity contribution is 6.14. The number of hydrogen-bond donors (Lipinski definition) is 0. The second-order valence-corrected chi connectivity index (χ2v) is 2.85. The van der Waals surface area contributed by atoms with E-state index in [4.69, 9.17) is 0 Å². The largest absolute Gasteiger partial charge is 0.288 e. The zero-order valence-electron chi connectivity index (χ0n) is 12.0. The van der Waals surface area contributed by atoms with Crippen LogP contribution in [0, 0.1) is 0 Å². The fourth-order valence-electron chi connectivity index (χ4n) is 1.37. The highest BCUT2D eigenvalue weighted by atomic mass is 14.7. The molecule has 0 amide bonds. The molecule has 1 rings (SSSR count). The molecule has 0 saturated carbocycles. The van der Waals surface area contributed by atoms with Gasteiger partial charge in [-0.15, -0.1) is 0 Å². The van der Waals surface area contributed by atoms with Crippen molar-refractivity contribution in [1.82, 2.24) is 0 Å². The number of rotatable bonds is 1. The van der Waals surface area contributed by atoms with E-state index >= 15 is 0 Å². The van der Waals surface area contributed by atoms with Gasteiger partial charge >= 0.3 is 0 Å². The zero-order chi connectivity index (χ0) is 13.0. The van der Waals surface area contributed by atoms with Crippen molar-refractivity contribution in [1.29, 1.82) is 0 Å². The van der Waals surface area contributed by atoms with Gasteiger partial charge in [-0.2, -0.15) is 0 Å². The number of aliphatic imine (C=N–C) groups is 1. The smallest absolute Gasteiger partial charge is 0.0669 e. The molecule has 0 atom stereocenters. The van der Waals surface area contributed by atoms with Crippen molar-refractivity contribution < 1.29 is 0 Å². The first kappa shape index (κ1) is 17.3. The highest BCUT2D eigenvalue weighted by Crippen LogP contribution is 2.15. The summed E-state index contributed by atoms with van der Waals surface area (Å²) in [5, 5.41) is 0. The summed E-state index contributed by atoms with van der Waals surface area (Å²) in [6.07, 6.45) is 9.54. The fourth-order valence-corrected chi connectivity index (χ4v) is 1.37. The monoisotopic (exact) mass is 221 g/mol. The topological polar surface area (TPSA) is 12.4 Å². The lowest BCUT2D eigenvalue weighted by Crippen LogP contribution is -2.05. The van der Waals surface area contributed by atoms with Crippen molar-refractivity contribution in [2.24, 2.45) is 4.99 Å². The van der Waals surface area contributed by atoms with Crippen LogP contribution in [0.1, 0.15) is 48.0 Å². The summed E-state index contributed by atoms with van der Waals surface area (Å²) in [5.74, 6) is 0. The third-order valence-electron chi connectivity index (χ3n) is 1.92. The fraction of sp³-hybridized carbons (Fsp3) is 0.533. The van der Waals surface area contributed by atoms with Gasteiger partial charge in [0, 0.05) is 7.05 Å². The van der Waals surface area contributed by atoms with Crippen LogP contribution < -0.4 is 0 Å². The van der Waals surface area contributed by atoms with Gasteiger partial charge in [0.15, 0.2) is 0 Å². The summed E-state index contributed by atoms with van der Waals surface area (Å²) in [6.45, 7) is 12.2. The molecule has 0 aromatic heterocycles. The lowest BCUT2D eigenvalue weighted by atomic mass is 9.98. The van der Waals surface area contributed by atoms with Gasteiger partial charge in [-0.1, -0.05) is 58.9 Å². The molecule has 0 bridgehead atoms. The molecule has 0 radical (unpaired) electrons. The van der Waals surface area contributed by atoms with E-state index in [1.54, 1.807) is 0 Å². The molecule has 1 aliphatic rings. The van der Waals surface area contributed by atoms with Crippen molar-refractivity contribution in [2.45, 2.75) is 48.0 Å². The number of allylic oxidation sites excluding steroid dienone is 6. The first-order chi connectivity index (χ1) is 7.79. The third-order valence-corrected chi connectivity index (χ3v) is 1.92. The normalized spacial score (nSPS) is 18.3. The van der Waals surface area contributed by atoms with E-state index in [9.17, 15) is 0 Å². The Balaban J connectivity index is 0. The molecule has 0 unspecified atom stereocenters. The van der Waals surface area contributed by atoms with Crippen LogP contribution in [-0.2, 0) is 0 Å². The van der Waals surface area contributed by atoms with Crippen molar-refractivity contribution in [3.63, 3.8) is 0 Å². The molecule has 0 aromatic rings. The Kier molecular flexibility index (Phi) is 12.9. The van der Waals surface area contributed by atoms with Crippen LogP contribution >= 0.6 is 0 Å². The molecular formula is C15H27N. The van der Waals surface area contributed by atoms with Gasteiger partial charge in [-0.25, -0.2) is 0 Å². The first-order valence-electron chi connectivity index (χ1n) is 6.32. The Labute approximate surface area is 102 Å². The SMILES string of the molecule is CC.CC.CC/C=C1/C=CC=C(C)C1=NC. The molecule has 0 N–H and O–H groups in total. The molecule has 0 aromatic carbocycles. The van der Waals surface area contributed by atoms with Crippen LogP contribution in [0.25, 0.3) is 0 Å². The molecule has 1 aliphatic carbocycles. The summed E-state index contributed by atoms with van der Waals surface area (Å²) in [6, 6.07) is 0. The van der Waals surface area contributed by atoms with Crippen LogP contribution in [0.15, 0.2) is 40.4 Å². The van der Waals surface area contributed by atoms with E-state index in [-0.39, 0.29) is 0 Å². The molecule has 0 fully saturated rings. The van der Waals surface area contributed by atoms with E-state index in [1.165, 1.54) is 11.1 Å². The minimum atomic E-state index is 1.06. The van der Waals surface area contributed by atoms with Crippen LogP contribution in [0.5, 0.6) is 0 Å². The van der Waals surface area contributed by atoms with E-state index < -0.39 is 0 Å². The van der Waals surface area contributed by atoms with Gasteiger partial charge in [0.1, 0.15) is 0 Å². The number of hydrogen-bond acceptors (Lipinski definition) is 1. The van der Waals surface area contributed by atoms with Crippen molar-refractivity contribution >= 4 is 5.71 Å². The van der Waals surface area contributed by atoms with E-state index in [0.717, 1.165) is 12.1 Å². The predicted molar refractivity (Wildman–Crippen MR) is 77.3 cm³/mol. The molecular weight excluding hydrogens is 194 g/mol. The maximum absolute atomic E-state index is 4.26. The number of nitrogens with zero attached hydrogens (tertiary/aromatic N) is 1. The van der Waals surface area contributed by atoms with Gasteiger partial charge in [-0.05, 0) is 24.5 Å². The highest BCUT2D eigenvalue weighted by Gasteiger charge is 2.07. The summed E-state index contributed by atoms with van der Waals surface area (Å²) in [4.78, 5) is 4.26. The van der Waals surface area contributed by atoms with Gasteiger partial charge in [0.05, 0.1) is 5.71 Å². The summed E-state index contributed by atoms with van der Waals surface area (Å²) >= 11 is 0. The Morgan fingerprint density at radius 2 is 1.75 bits per heavy atom. The van der Waals surface area contributed by atoms with E-state index in [2.05, 4.69) is 43.1 Å². The minimum Gasteiger partial charge on any atom is -0.288 e. The maximum Gasteiger partial charge on any atom is 0.0669 e. The quantitative estimate of drug-likeness (QED) is 0.593. The Morgan fingerprint density at radius 1 is 1.19 bits per heavy atom. The first-order valence-corrected chi connectivity index (χ1v) is 6.32. The molecule has 0 spiro atoms. The Hall–Kier alpha value is -1.11.